The van der Waals surface area contributed by atoms with Crippen LogP contribution in [-0.4, -0.2) is 41.3 Å². The SMILES string of the molecule is [O-][N+]12CCCCC1C1CC(C2)C2CCCC(c3ccccc3)N2C1. The molecule has 1 aromatic carbocycles. The molecule has 0 aliphatic carbocycles. The molecule has 6 unspecified atom stereocenters. The zero-order chi connectivity index (χ0) is 16.1. The fraction of sp³-hybridized carbons (Fsp3) is 0.714. The highest BCUT2D eigenvalue weighted by molar-refractivity contribution is 5.20. The predicted octanol–water partition coefficient (Wildman–Crippen LogP) is 4.10. The van der Waals surface area contributed by atoms with E-state index in [1.165, 1.54) is 50.6 Å². The molecule has 24 heavy (non-hydrogen) atoms. The Kier molecular flexibility index (Phi) is 3.73. The number of fused-ring (bicyclic) bond motifs is 6. The standard InChI is InChI=1S/C21H30N2O/c24-23-12-5-4-11-21(23)17-13-18(15-23)20-10-6-9-19(22(20)14-17)16-7-2-1-3-8-16/h1-3,7-8,17-21H,4-6,9-15H2. The van der Waals surface area contributed by atoms with Crippen LogP contribution >= 0.6 is 0 Å². The van der Waals surface area contributed by atoms with Gasteiger partial charge in [0, 0.05) is 36.9 Å². The molecule has 4 fully saturated rings. The maximum atomic E-state index is 13.5. The summed E-state index contributed by atoms with van der Waals surface area (Å²) in [5.41, 5.74) is 1.49. The zero-order valence-corrected chi connectivity index (χ0v) is 14.6. The first-order valence-electron chi connectivity index (χ1n) is 10.1. The van der Waals surface area contributed by atoms with Gasteiger partial charge in [0.25, 0.3) is 0 Å². The monoisotopic (exact) mass is 326 g/mol. The third-order valence-corrected chi connectivity index (χ3v) is 7.56. The van der Waals surface area contributed by atoms with Gasteiger partial charge in [0.05, 0.1) is 19.1 Å². The molecule has 3 nitrogen and oxygen atoms in total. The number of hydrogen-bond acceptors (Lipinski definition) is 2. The first-order chi connectivity index (χ1) is 11.7. The van der Waals surface area contributed by atoms with Gasteiger partial charge in [0.15, 0.2) is 0 Å². The van der Waals surface area contributed by atoms with Gasteiger partial charge in [0.2, 0.25) is 0 Å². The van der Waals surface area contributed by atoms with Gasteiger partial charge in [0.1, 0.15) is 0 Å². The Morgan fingerprint density at radius 3 is 2.71 bits per heavy atom. The molecule has 0 radical (unpaired) electrons. The maximum Gasteiger partial charge on any atom is 0.0928 e. The first kappa shape index (κ1) is 15.4. The molecule has 6 atom stereocenters. The Labute approximate surface area is 145 Å². The molecule has 4 aliphatic heterocycles. The van der Waals surface area contributed by atoms with Crippen molar-refractivity contribution < 1.29 is 4.65 Å². The van der Waals surface area contributed by atoms with E-state index < -0.39 is 0 Å². The Morgan fingerprint density at radius 1 is 0.958 bits per heavy atom. The quantitative estimate of drug-likeness (QED) is 0.574. The second kappa shape index (κ2) is 5.82. The molecular weight excluding hydrogens is 296 g/mol. The molecule has 0 aromatic heterocycles. The maximum absolute atomic E-state index is 13.5. The van der Waals surface area contributed by atoms with Crippen molar-refractivity contribution in [2.75, 3.05) is 19.6 Å². The van der Waals surface area contributed by atoms with E-state index in [-0.39, 0.29) is 4.65 Å². The Morgan fingerprint density at radius 2 is 1.83 bits per heavy atom. The number of nitrogens with zero attached hydrogens (tertiary/aromatic N) is 2. The lowest BCUT2D eigenvalue weighted by Crippen LogP contribution is -2.69. The van der Waals surface area contributed by atoms with Crippen molar-refractivity contribution in [3.63, 3.8) is 0 Å². The van der Waals surface area contributed by atoms with Gasteiger partial charge in [-0.25, -0.2) is 0 Å². The van der Waals surface area contributed by atoms with Crippen LogP contribution in [0.2, 0.25) is 0 Å². The van der Waals surface area contributed by atoms with E-state index in [0.717, 1.165) is 19.5 Å². The van der Waals surface area contributed by atoms with E-state index >= 15 is 0 Å². The summed E-state index contributed by atoms with van der Waals surface area (Å²) in [4.78, 5) is 2.83. The van der Waals surface area contributed by atoms with Gasteiger partial charge in [-0.2, -0.15) is 0 Å². The number of quaternary nitrogens is 1. The number of benzene rings is 1. The number of piperidine rings is 4. The van der Waals surface area contributed by atoms with Crippen LogP contribution in [0, 0.1) is 17.0 Å². The third-order valence-electron chi connectivity index (χ3n) is 7.56. The van der Waals surface area contributed by atoms with Crippen LogP contribution in [0.1, 0.15) is 56.6 Å². The molecule has 4 aliphatic rings. The number of hydroxylamine groups is 3. The number of rotatable bonds is 1. The summed E-state index contributed by atoms with van der Waals surface area (Å²) >= 11 is 0. The van der Waals surface area contributed by atoms with E-state index in [2.05, 4.69) is 35.2 Å². The first-order valence-corrected chi connectivity index (χ1v) is 10.1. The topological polar surface area (TPSA) is 26.3 Å². The molecule has 2 bridgehead atoms. The van der Waals surface area contributed by atoms with Crippen molar-refractivity contribution in [2.24, 2.45) is 11.8 Å². The van der Waals surface area contributed by atoms with E-state index in [1.54, 1.807) is 0 Å². The molecule has 3 heteroatoms. The highest BCUT2D eigenvalue weighted by Crippen LogP contribution is 2.49. The summed E-state index contributed by atoms with van der Waals surface area (Å²) in [6.45, 7) is 2.98. The van der Waals surface area contributed by atoms with Crippen LogP contribution in [0.15, 0.2) is 30.3 Å². The lowest BCUT2D eigenvalue weighted by molar-refractivity contribution is -0.925. The van der Waals surface area contributed by atoms with Crippen LogP contribution in [0.5, 0.6) is 0 Å². The molecular formula is C21H30N2O. The molecule has 0 N–H and O–H groups in total. The number of hydrogen-bond donors (Lipinski definition) is 0. The molecule has 0 saturated carbocycles. The van der Waals surface area contributed by atoms with E-state index in [0.29, 0.717) is 30.0 Å². The summed E-state index contributed by atoms with van der Waals surface area (Å²) in [5.74, 6) is 1.28. The molecule has 1 aromatic rings. The molecule has 130 valence electrons. The van der Waals surface area contributed by atoms with Gasteiger partial charge in [-0.1, -0.05) is 30.3 Å². The smallest absolute Gasteiger partial charge is 0.0928 e. The largest absolute Gasteiger partial charge is 0.633 e. The fourth-order valence-electron chi connectivity index (χ4n) is 6.63. The predicted molar refractivity (Wildman–Crippen MR) is 96.1 cm³/mol. The van der Waals surface area contributed by atoms with Crippen molar-refractivity contribution in [1.82, 2.24) is 4.90 Å². The minimum absolute atomic E-state index is 0.162. The Balaban J connectivity index is 1.45. The van der Waals surface area contributed by atoms with Crippen LogP contribution in [0.4, 0.5) is 0 Å². The molecule has 4 saturated heterocycles. The normalized spacial score (nSPS) is 45.3. The lowest BCUT2D eigenvalue weighted by Gasteiger charge is -2.64. The van der Waals surface area contributed by atoms with Gasteiger partial charge in [-0.05, 0) is 44.1 Å². The molecule has 0 spiro atoms. The third kappa shape index (κ3) is 2.36. The van der Waals surface area contributed by atoms with Crippen LogP contribution in [0.3, 0.4) is 0 Å². The molecule has 0 amide bonds. The lowest BCUT2D eigenvalue weighted by atomic mass is 9.69. The van der Waals surface area contributed by atoms with Gasteiger partial charge in [-0.15, -0.1) is 0 Å². The highest BCUT2D eigenvalue weighted by atomic mass is 16.5. The van der Waals surface area contributed by atoms with E-state index in [4.69, 9.17) is 0 Å². The van der Waals surface area contributed by atoms with Gasteiger partial charge in [-0.3, -0.25) is 4.90 Å². The van der Waals surface area contributed by atoms with Crippen molar-refractivity contribution >= 4 is 0 Å². The minimum Gasteiger partial charge on any atom is -0.633 e. The van der Waals surface area contributed by atoms with Crippen LogP contribution < -0.4 is 0 Å². The zero-order valence-electron chi connectivity index (χ0n) is 14.6. The molecule has 4 heterocycles. The summed E-state index contributed by atoms with van der Waals surface area (Å²) in [5, 5.41) is 13.5. The second-order valence-corrected chi connectivity index (χ2v) is 8.80. The second-order valence-electron chi connectivity index (χ2n) is 8.80. The summed E-state index contributed by atoms with van der Waals surface area (Å²) in [6.07, 6.45) is 8.86. The van der Waals surface area contributed by atoms with Crippen LogP contribution in [-0.2, 0) is 0 Å². The Bertz CT molecular complexity index is 591. The van der Waals surface area contributed by atoms with Crippen LogP contribution in [0.25, 0.3) is 0 Å². The average Bonchev–Trinajstić information content (AvgIpc) is 2.62. The Hall–Kier alpha value is -0.900. The fourth-order valence-corrected chi connectivity index (χ4v) is 6.63. The van der Waals surface area contributed by atoms with Crippen molar-refractivity contribution in [2.45, 2.75) is 63.1 Å². The summed E-state index contributed by atoms with van der Waals surface area (Å²) < 4.78 is 0.162. The van der Waals surface area contributed by atoms with Crippen molar-refractivity contribution in [3.05, 3.63) is 41.1 Å². The van der Waals surface area contributed by atoms with Gasteiger partial charge < -0.3 is 9.85 Å². The minimum atomic E-state index is 0.162. The van der Waals surface area contributed by atoms with E-state index in [9.17, 15) is 5.21 Å². The van der Waals surface area contributed by atoms with E-state index in [1.807, 2.05) is 0 Å². The van der Waals surface area contributed by atoms with Crippen molar-refractivity contribution in [1.29, 1.82) is 0 Å². The van der Waals surface area contributed by atoms with Gasteiger partial charge >= 0.3 is 0 Å². The van der Waals surface area contributed by atoms with Crippen molar-refractivity contribution in [3.8, 4) is 0 Å². The summed E-state index contributed by atoms with van der Waals surface area (Å²) in [7, 11) is 0. The summed E-state index contributed by atoms with van der Waals surface area (Å²) in [6, 6.07) is 12.8. The average molecular weight is 326 g/mol. The highest BCUT2D eigenvalue weighted by Gasteiger charge is 2.53. The molecule has 5 rings (SSSR count).